The molecule has 0 aromatic heterocycles. The summed E-state index contributed by atoms with van der Waals surface area (Å²) in [5.41, 5.74) is 0.449. The Kier molecular flexibility index (Phi) is 3.60. The first kappa shape index (κ1) is 13.1. The Morgan fingerprint density at radius 1 is 0.950 bits per heavy atom. The van der Waals surface area contributed by atoms with Crippen molar-refractivity contribution in [2.45, 2.75) is 0 Å². The summed E-state index contributed by atoms with van der Waals surface area (Å²) in [4.78, 5) is 10.0. The summed E-state index contributed by atoms with van der Waals surface area (Å²) >= 11 is 0. The van der Waals surface area contributed by atoms with E-state index in [4.69, 9.17) is 15.3 Å². The highest BCUT2D eigenvalue weighted by molar-refractivity contribution is 5.50. The maximum atomic E-state index is 10.5. The monoisotopic (exact) mass is 265 g/mol. The fraction of sp³-hybridized carbons (Fsp3) is 0. The predicted octanol–water partition coefficient (Wildman–Crippen LogP) is 3.13. The summed E-state index contributed by atoms with van der Waals surface area (Å²) < 4.78 is 5.47. The van der Waals surface area contributed by atoms with Crippen LogP contribution in [0.15, 0.2) is 42.5 Å². The molecule has 96 valence electrons. The van der Waals surface area contributed by atoms with E-state index >= 15 is 0 Å². The third kappa shape index (κ3) is 2.71. The number of benzene rings is 2. The minimum atomic E-state index is -0.501. The Labute approximate surface area is 114 Å². The van der Waals surface area contributed by atoms with E-state index in [0.717, 1.165) is 0 Å². The van der Waals surface area contributed by atoms with E-state index in [1.54, 1.807) is 6.07 Å². The van der Waals surface area contributed by atoms with Gasteiger partial charge in [-0.05, 0) is 30.3 Å². The summed E-state index contributed by atoms with van der Waals surface area (Å²) in [6.07, 6.45) is 0. The highest BCUT2D eigenvalue weighted by Gasteiger charge is 2.07. The minimum Gasteiger partial charge on any atom is -0.457 e. The number of hydrogen-bond acceptors (Lipinski definition) is 5. The molecule has 0 atom stereocenters. The van der Waals surface area contributed by atoms with Crippen LogP contribution >= 0.6 is 0 Å². The average molecular weight is 265 g/mol. The predicted molar refractivity (Wildman–Crippen MR) is 69.0 cm³/mol. The second-order valence-electron chi connectivity index (χ2n) is 3.78. The van der Waals surface area contributed by atoms with Crippen molar-refractivity contribution in [3.63, 3.8) is 0 Å². The van der Waals surface area contributed by atoms with E-state index in [1.807, 2.05) is 12.1 Å². The van der Waals surface area contributed by atoms with Crippen molar-refractivity contribution in [3.8, 4) is 23.6 Å². The highest BCUT2D eigenvalue weighted by atomic mass is 16.6. The van der Waals surface area contributed by atoms with Gasteiger partial charge in [-0.15, -0.1) is 0 Å². The summed E-state index contributed by atoms with van der Waals surface area (Å²) in [5.74, 6) is 0.790. The van der Waals surface area contributed by atoms with Crippen LogP contribution in [-0.2, 0) is 0 Å². The molecule has 0 saturated carbocycles. The van der Waals surface area contributed by atoms with Gasteiger partial charge in [0.05, 0.1) is 16.1 Å². The van der Waals surface area contributed by atoms with Gasteiger partial charge < -0.3 is 4.74 Å². The third-order valence-corrected chi connectivity index (χ3v) is 2.52. The van der Waals surface area contributed by atoms with Crippen LogP contribution in [0.1, 0.15) is 11.1 Å². The molecule has 0 radical (unpaired) electrons. The molecule has 0 N–H and O–H groups in total. The molecule has 0 saturated heterocycles. The summed E-state index contributed by atoms with van der Waals surface area (Å²) in [5, 5.41) is 28.2. The summed E-state index contributed by atoms with van der Waals surface area (Å²) in [7, 11) is 0. The molecule has 0 amide bonds. The van der Waals surface area contributed by atoms with Gasteiger partial charge in [-0.2, -0.15) is 10.5 Å². The van der Waals surface area contributed by atoms with Gasteiger partial charge in [0.15, 0.2) is 0 Å². The molecule has 6 nitrogen and oxygen atoms in total. The van der Waals surface area contributed by atoms with E-state index in [-0.39, 0.29) is 16.8 Å². The maximum absolute atomic E-state index is 10.5. The highest BCUT2D eigenvalue weighted by Crippen LogP contribution is 2.25. The standard InChI is InChI=1S/C14H7N3O3/c15-8-10-1-4-14(7-11(10)9-16)20-13-5-2-12(3-6-13)17(18)19/h1-7H. The molecule has 0 aliphatic carbocycles. The zero-order valence-corrected chi connectivity index (χ0v) is 10.1. The van der Waals surface area contributed by atoms with E-state index in [1.165, 1.54) is 36.4 Å². The first-order chi connectivity index (χ1) is 9.63. The zero-order chi connectivity index (χ0) is 14.5. The number of nitro groups is 1. The van der Waals surface area contributed by atoms with E-state index in [0.29, 0.717) is 11.5 Å². The summed E-state index contributed by atoms with van der Waals surface area (Å²) in [6.45, 7) is 0. The SMILES string of the molecule is N#Cc1ccc(Oc2ccc([N+](=O)[O-])cc2)cc1C#N. The van der Waals surface area contributed by atoms with Crippen molar-refractivity contribution in [2.24, 2.45) is 0 Å². The number of nitro benzene ring substituents is 1. The van der Waals surface area contributed by atoms with Crippen LogP contribution in [0.25, 0.3) is 0 Å². The zero-order valence-electron chi connectivity index (χ0n) is 10.1. The molecular formula is C14H7N3O3. The van der Waals surface area contributed by atoms with Gasteiger partial charge in [0, 0.05) is 12.1 Å². The topological polar surface area (TPSA) is 99.9 Å². The Bertz CT molecular complexity index is 740. The van der Waals surface area contributed by atoms with Gasteiger partial charge >= 0.3 is 0 Å². The van der Waals surface area contributed by atoms with Crippen molar-refractivity contribution in [1.29, 1.82) is 10.5 Å². The van der Waals surface area contributed by atoms with Gasteiger partial charge in [0.1, 0.15) is 23.6 Å². The van der Waals surface area contributed by atoms with Crippen molar-refractivity contribution in [1.82, 2.24) is 0 Å². The quantitative estimate of drug-likeness (QED) is 0.626. The molecule has 20 heavy (non-hydrogen) atoms. The lowest BCUT2D eigenvalue weighted by atomic mass is 10.1. The molecular weight excluding hydrogens is 258 g/mol. The van der Waals surface area contributed by atoms with Gasteiger partial charge in [-0.1, -0.05) is 0 Å². The maximum Gasteiger partial charge on any atom is 0.269 e. The average Bonchev–Trinajstić information content (AvgIpc) is 2.47. The number of ether oxygens (including phenoxy) is 1. The Hall–Kier alpha value is -3.38. The van der Waals surface area contributed by atoms with Gasteiger partial charge in [0.25, 0.3) is 5.69 Å². The van der Waals surface area contributed by atoms with Gasteiger partial charge in [-0.3, -0.25) is 10.1 Å². The minimum absolute atomic E-state index is 0.0325. The fourth-order valence-electron chi connectivity index (χ4n) is 1.55. The molecule has 0 aliphatic heterocycles. The van der Waals surface area contributed by atoms with E-state index < -0.39 is 4.92 Å². The summed E-state index contributed by atoms with van der Waals surface area (Å²) in [6, 6.07) is 13.9. The lowest BCUT2D eigenvalue weighted by Crippen LogP contribution is -1.90. The second-order valence-corrected chi connectivity index (χ2v) is 3.78. The van der Waals surface area contributed by atoms with Crippen LogP contribution in [0.4, 0.5) is 5.69 Å². The fourth-order valence-corrected chi connectivity index (χ4v) is 1.55. The molecule has 0 heterocycles. The van der Waals surface area contributed by atoms with Gasteiger partial charge in [0.2, 0.25) is 0 Å². The van der Waals surface area contributed by atoms with Crippen LogP contribution in [0.5, 0.6) is 11.5 Å². The molecule has 0 bridgehead atoms. The first-order valence-electron chi connectivity index (χ1n) is 5.50. The van der Waals surface area contributed by atoms with Crippen LogP contribution in [0.2, 0.25) is 0 Å². The van der Waals surface area contributed by atoms with Crippen LogP contribution in [-0.4, -0.2) is 4.92 Å². The second kappa shape index (κ2) is 5.51. The molecule has 2 aromatic carbocycles. The number of non-ortho nitro benzene ring substituents is 1. The van der Waals surface area contributed by atoms with Gasteiger partial charge in [-0.25, -0.2) is 0 Å². The van der Waals surface area contributed by atoms with Crippen LogP contribution in [0, 0.1) is 32.8 Å². The van der Waals surface area contributed by atoms with Crippen LogP contribution in [0.3, 0.4) is 0 Å². The number of hydrogen-bond donors (Lipinski definition) is 0. The number of nitrogens with zero attached hydrogens (tertiary/aromatic N) is 3. The molecule has 2 rings (SSSR count). The van der Waals surface area contributed by atoms with Crippen molar-refractivity contribution >= 4 is 5.69 Å². The number of rotatable bonds is 3. The Morgan fingerprint density at radius 2 is 1.55 bits per heavy atom. The Balaban J connectivity index is 2.24. The van der Waals surface area contributed by atoms with E-state index in [2.05, 4.69) is 0 Å². The third-order valence-electron chi connectivity index (χ3n) is 2.52. The lowest BCUT2D eigenvalue weighted by molar-refractivity contribution is -0.384. The molecule has 0 aliphatic rings. The molecule has 0 spiro atoms. The smallest absolute Gasteiger partial charge is 0.269 e. The molecule has 0 fully saturated rings. The Morgan fingerprint density at radius 3 is 2.10 bits per heavy atom. The number of nitriles is 2. The largest absolute Gasteiger partial charge is 0.457 e. The van der Waals surface area contributed by atoms with E-state index in [9.17, 15) is 10.1 Å². The normalized spacial score (nSPS) is 9.30. The molecule has 0 unspecified atom stereocenters. The van der Waals surface area contributed by atoms with Crippen molar-refractivity contribution in [2.75, 3.05) is 0 Å². The van der Waals surface area contributed by atoms with Crippen molar-refractivity contribution < 1.29 is 9.66 Å². The lowest BCUT2D eigenvalue weighted by Gasteiger charge is -2.06. The first-order valence-corrected chi connectivity index (χ1v) is 5.50. The van der Waals surface area contributed by atoms with Crippen molar-refractivity contribution in [3.05, 3.63) is 63.7 Å². The van der Waals surface area contributed by atoms with Crippen LogP contribution < -0.4 is 4.74 Å². The molecule has 6 heteroatoms. The molecule has 2 aromatic rings.